The van der Waals surface area contributed by atoms with Crippen molar-refractivity contribution in [2.24, 2.45) is 0 Å². The highest BCUT2D eigenvalue weighted by Gasteiger charge is 2.24. The molecule has 1 atom stereocenters. The first-order valence-electron chi connectivity index (χ1n) is 7.31. The molecule has 2 N–H and O–H groups in total. The summed E-state index contributed by atoms with van der Waals surface area (Å²) in [6.07, 6.45) is -0.676. The van der Waals surface area contributed by atoms with Crippen molar-refractivity contribution in [1.82, 2.24) is 10.3 Å². The van der Waals surface area contributed by atoms with Gasteiger partial charge in [-0.25, -0.2) is 9.59 Å². The van der Waals surface area contributed by atoms with E-state index in [4.69, 9.17) is 4.74 Å². The topological polar surface area (TPSA) is 88.5 Å². The first-order valence-corrected chi connectivity index (χ1v) is 7.31. The number of rotatable bonds is 4. The van der Waals surface area contributed by atoms with Gasteiger partial charge in [0, 0.05) is 17.5 Å². The molecule has 2 rings (SSSR count). The molecule has 1 heterocycles. The quantitative estimate of drug-likeness (QED) is 0.905. The second kappa shape index (κ2) is 6.64. The van der Waals surface area contributed by atoms with Crippen LogP contribution < -0.4 is 5.32 Å². The van der Waals surface area contributed by atoms with Gasteiger partial charge in [-0.2, -0.15) is 0 Å². The molecule has 0 bridgehead atoms. The number of benzene rings is 1. The number of hydrogen-bond acceptors (Lipinski definition) is 4. The lowest BCUT2D eigenvalue weighted by Gasteiger charge is -2.22. The van der Waals surface area contributed by atoms with Gasteiger partial charge >= 0.3 is 12.1 Å². The number of aliphatic carboxylic acids is 1. The summed E-state index contributed by atoms with van der Waals surface area (Å²) < 4.78 is 5.09. The van der Waals surface area contributed by atoms with E-state index in [1.807, 2.05) is 30.3 Å². The largest absolute Gasteiger partial charge is 0.480 e. The molecule has 0 fully saturated rings. The van der Waals surface area contributed by atoms with Gasteiger partial charge < -0.3 is 15.2 Å². The maximum absolute atomic E-state index is 11.8. The lowest BCUT2D eigenvalue weighted by molar-refractivity contribution is -0.139. The number of aromatic nitrogens is 1. The van der Waals surface area contributed by atoms with Gasteiger partial charge in [-0.1, -0.05) is 24.3 Å². The molecule has 1 aromatic carbocycles. The molecule has 6 nitrogen and oxygen atoms in total. The minimum Gasteiger partial charge on any atom is -0.480 e. The number of hydrogen-bond donors (Lipinski definition) is 2. The van der Waals surface area contributed by atoms with E-state index in [1.54, 1.807) is 26.8 Å². The lowest BCUT2D eigenvalue weighted by atomic mass is 10.1. The zero-order valence-corrected chi connectivity index (χ0v) is 13.4. The molecule has 2 aromatic rings. The Balaban J connectivity index is 2.11. The Hall–Kier alpha value is -2.63. The number of alkyl carbamates (subject to hydrolysis) is 1. The van der Waals surface area contributed by atoms with Crippen LogP contribution in [-0.2, 0) is 16.0 Å². The molecule has 23 heavy (non-hydrogen) atoms. The average molecular weight is 316 g/mol. The number of para-hydroxylation sites is 1. The first kappa shape index (κ1) is 16.7. The molecule has 0 saturated carbocycles. The summed E-state index contributed by atoms with van der Waals surface area (Å²) in [6.45, 7) is 5.15. The van der Waals surface area contributed by atoms with Gasteiger partial charge in [-0.05, 0) is 32.9 Å². The number of carbonyl (C=O) groups excluding carboxylic acids is 1. The van der Waals surface area contributed by atoms with Crippen molar-refractivity contribution in [2.75, 3.05) is 0 Å². The Labute approximate surface area is 134 Å². The Morgan fingerprint density at radius 2 is 1.91 bits per heavy atom. The SMILES string of the molecule is CC(C)(C)OC(=O)NC(Cc1ccc2ccccc2n1)C(=O)O. The van der Waals surface area contributed by atoms with E-state index in [0.717, 1.165) is 10.9 Å². The zero-order chi connectivity index (χ0) is 17.0. The highest BCUT2D eigenvalue weighted by atomic mass is 16.6. The predicted octanol–water partition coefficient (Wildman–Crippen LogP) is 2.76. The summed E-state index contributed by atoms with van der Waals surface area (Å²) in [5.41, 5.74) is 0.687. The zero-order valence-electron chi connectivity index (χ0n) is 13.4. The van der Waals surface area contributed by atoms with E-state index in [9.17, 15) is 14.7 Å². The van der Waals surface area contributed by atoms with E-state index < -0.39 is 23.7 Å². The van der Waals surface area contributed by atoms with Crippen molar-refractivity contribution in [3.63, 3.8) is 0 Å². The van der Waals surface area contributed by atoms with E-state index in [0.29, 0.717) is 5.69 Å². The van der Waals surface area contributed by atoms with Crippen LogP contribution in [0, 0.1) is 0 Å². The third kappa shape index (κ3) is 4.95. The van der Waals surface area contributed by atoms with Crippen LogP contribution in [0.4, 0.5) is 4.79 Å². The van der Waals surface area contributed by atoms with E-state index in [2.05, 4.69) is 10.3 Å². The molecular formula is C17H20N2O4. The highest BCUT2D eigenvalue weighted by molar-refractivity contribution is 5.81. The summed E-state index contributed by atoms with van der Waals surface area (Å²) in [5, 5.41) is 12.6. The smallest absolute Gasteiger partial charge is 0.408 e. The standard InChI is InChI=1S/C17H20N2O4/c1-17(2,3)23-16(22)19-14(15(20)21)10-12-9-8-11-6-4-5-7-13(11)18-12/h4-9,14H,10H2,1-3H3,(H,19,22)(H,20,21). The molecule has 1 aromatic heterocycles. The molecule has 0 saturated heterocycles. The first-order chi connectivity index (χ1) is 10.7. The van der Waals surface area contributed by atoms with Crippen LogP contribution in [-0.4, -0.2) is 33.8 Å². The van der Waals surface area contributed by atoms with Gasteiger partial charge in [0.1, 0.15) is 11.6 Å². The molecule has 0 spiro atoms. The fourth-order valence-electron chi connectivity index (χ4n) is 2.08. The number of amides is 1. The molecule has 1 amide bonds. The molecule has 0 aliphatic rings. The average Bonchev–Trinajstić information content (AvgIpc) is 2.44. The molecular weight excluding hydrogens is 296 g/mol. The van der Waals surface area contributed by atoms with Crippen molar-refractivity contribution in [3.8, 4) is 0 Å². The number of pyridine rings is 1. The van der Waals surface area contributed by atoms with Crippen molar-refractivity contribution in [1.29, 1.82) is 0 Å². The number of carbonyl (C=O) groups is 2. The summed E-state index contributed by atoms with van der Waals surface area (Å²) in [4.78, 5) is 27.6. The predicted molar refractivity (Wildman–Crippen MR) is 86.2 cm³/mol. The Bertz CT molecular complexity index is 722. The number of carboxylic acid groups (broad SMARTS) is 1. The monoisotopic (exact) mass is 316 g/mol. The van der Waals surface area contributed by atoms with Crippen LogP contribution in [0.3, 0.4) is 0 Å². The maximum atomic E-state index is 11.8. The third-order valence-electron chi connectivity index (χ3n) is 3.06. The fourth-order valence-corrected chi connectivity index (χ4v) is 2.08. The number of fused-ring (bicyclic) bond motifs is 1. The molecule has 122 valence electrons. The van der Waals surface area contributed by atoms with Gasteiger partial charge in [0.25, 0.3) is 0 Å². The van der Waals surface area contributed by atoms with Crippen LogP contribution >= 0.6 is 0 Å². The Morgan fingerprint density at radius 1 is 1.22 bits per heavy atom. The normalized spacial score (nSPS) is 12.7. The minimum atomic E-state index is -1.13. The molecule has 0 aliphatic heterocycles. The van der Waals surface area contributed by atoms with Crippen LogP contribution in [0.1, 0.15) is 26.5 Å². The molecule has 0 radical (unpaired) electrons. The molecule has 6 heteroatoms. The van der Waals surface area contributed by atoms with Crippen LogP contribution in [0.15, 0.2) is 36.4 Å². The van der Waals surface area contributed by atoms with E-state index in [-0.39, 0.29) is 6.42 Å². The summed E-state index contributed by atoms with van der Waals surface area (Å²) in [7, 11) is 0. The van der Waals surface area contributed by atoms with Crippen molar-refractivity contribution in [2.45, 2.75) is 38.8 Å². The summed E-state index contributed by atoms with van der Waals surface area (Å²) >= 11 is 0. The van der Waals surface area contributed by atoms with Gasteiger partial charge in [0.2, 0.25) is 0 Å². The summed E-state index contributed by atoms with van der Waals surface area (Å²) in [5.74, 6) is -1.13. The fraction of sp³-hybridized carbons (Fsp3) is 0.353. The highest BCUT2D eigenvalue weighted by Crippen LogP contribution is 2.13. The van der Waals surface area contributed by atoms with Crippen LogP contribution in [0.5, 0.6) is 0 Å². The number of nitrogens with one attached hydrogen (secondary N) is 1. The van der Waals surface area contributed by atoms with E-state index >= 15 is 0 Å². The lowest BCUT2D eigenvalue weighted by Crippen LogP contribution is -2.44. The van der Waals surface area contributed by atoms with Gasteiger partial charge in [-0.15, -0.1) is 0 Å². The van der Waals surface area contributed by atoms with Crippen molar-refractivity contribution >= 4 is 23.0 Å². The minimum absolute atomic E-state index is 0.0827. The molecule has 1 unspecified atom stereocenters. The van der Waals surface area contributed by atoms with Crippen molar-refractivity contribution < 1.29 is 19.4 Å². The second-order valence-corrected chi connectivity index (χ2v) is 6.24. The molecule has 0 aliphatic carbocycles. The van der Waals surface area contributed by atoms with Gasteiger partial charge in [0.15, 0.2) is 0 Å². The van der Waals surface area contributed by atoms with Crippen LogP contribution in [0.2, 0.25) is 0 Å². The van der Waals surface area contributed by atoms with Gasteiger partial charge in [0.05, 0.1) is 5.52 Å². The van der Waals surface area contributed by atoms with E-state index in [1.165, 1.54) is 0 Å². The van der Waals surface area contributed by atoms with Gasteiger partial charge in [-0.3, -0.25) is 4.98 Å². The number of nitrogens with zero attached hydrogens (tertiary/aromatic N) is 1. The van der Waals surface area contributed by atoms with Crippen LogP contribution in [0.25, 0.3) is 10.9 Å². The summed E-state index contributed by atoms with van der Waals surface area (Å²) in [6, 6.07) is 10.1. The number of ether oxygens (including phenoxy) is 1. The Morgan fingerprint density at radius 3 is 2.57 bits per heavy atom. The Kier molecular flexibility index (Phi) is 4.83. The third-order valence-corrected chi connectivity index (χ3v) is 3.06. The second-order valence-electron chi connectivity index (χ2n) is 6.24. The van der Waals surface area contributed by atoms with Crippen molar-refractivity contribution in [3.05, 3.63) is 42.1 Å². The number of carboxylic acids is 1. The maximum Gasteiger partial charge on any atom is 0.408 e.